The summed E-state index contributed by atoms with van der Waals surface area (Å²) in [5.41, 5.74) is 14.0. The molecule has 2 aromatic rings. The van der Waals surface area contributed by atoms with E-state index in [1.807, 2.05) is 18.2 Å². The molecule has 1 heterocycles. The summed E-state index contributed by atoms with van der Waals surface area (Å²) in [5.74, 6) is 0. The van der Waals surface area contributed by atoms with Crippen LogP contribution in [0, 0.1) is 0 Å². The highest BCUT2D eigenvalue weighted by Gasteiger charge is 2.28. The van der Waals surface area contributed by atoms with Gasteiger partial charge in [0, 0.05) is 28.8 Å². The number of para-hydroxylation sites is 1. The molecule has 0 spiro atoms. The first-order valence-corrected chi connectivity index (χ1v) is 6.10. The summed E-state index contributed by atoms with van der Waals surface area (Å²) in [6.45, 7) is 0. The lowest BCUT2D eigenvalue weighted by Crippen LogP contribution is -2.09. The molecular weight excluding hydrogens is 220 g/mol. The number of hydrogen-bond acceptors (Lipinski definition) is 2. The summed E-state index contributed by atoms with van der Waals surface area (Å²) in [4.78, 5) is 4.78. The molecule has 4 rings (SSSR count). The fourth-order valence-corrected chi connectivity index (χ4v) is 2.76. The van der Waals surface area contributed by atoms with Crippen LogP contribution in [0.3, 0.4) is 0 Å². The molecule has 0 saturated carbocycles. The fourth-order valence-electron chi connectivity index (χ4n) is 2.76. The molecule has 2 aliphatic rings. The van der Waals surface area contributed by atoms with Gasteiger partial charge < -0.3 is 5.73 Å². The summed E-state index contributed by atoms with van der Waals surface area (Å²) < 4.78 is 0. The standard InChI is InChI=1S/C16H12N2/c17-15-11-6-2-3-7-12(11)16-13(15)9-10-5-1-4-8-14(10)18-16/h1-8H,9,17H2. The Morgan fingerprint density at radius 1 is 0.889 bits per heavy atom. The normalized spacial score (nSPS) is 15.9. The highest BCUT2D eigenvalue weighted by atomic mass is 14.8. The van der Waals surface area contributed by atoms with Gasteiger partial charge in [0.05, 0.1) is 11.4 Å². The Hall–Kier alpha value is -2.35. The van der Waals surface area contributed by atoms with Gasteiger partial charge >= 0.3 is 0 Å². The van der Waals surface area contributed by atoms with Crippen molar-refractivity contribution in [2.75, 3.05) is 0 Å². The second-order valence-corrected chi connectivity index (χ2v) is 4.70. The molecule has 0 saturated heterocycles. The number of allylic oxidation sites excluding steroid dienone is 1. The third-order valence-electron chi connectivity index (χ3n) is 3.67. The third kappa shape index (κ3) is 1.15. The van der Waals surface area contributed by atoms with Gasteiger partial charge in [-0.25, -0.2) is 4.99 Å². The second kappa shape index (κ2) is 3.33. The molecule has 1 aliphatic carbocycles. The van der Waals surface area contributed by atoms with Gasteiger partial charge in [-0.1, -0.05) is 42.5 Å². The zero-order valence-corrected chi connectivity index (χ0v) is 9.85. The summed E-state index contributed by atoms with van der Waals surface area (Å²) in [6.07, 6.45) is 0.884. The van der Waals surface area contributed by atoms with Gasteiger partial charge in [0.1, 0.15) is 0 Å². The number of benzene rings is 2. The minimum atomic E-state index is 0.884. The minimum Gasteiger partial charge on any atom is -0.398 e. The molecule has 0 fully saturated rings. The summed E-state index contributed by atoms with van der Waals surface area (Å²) >= 11 is 0. The molecule has 0 radical (unpaired) electrons. The van der Waals surface area contributed by atoms with Crippen LogP contribution in [-0.2, 0) is 6.42 Å². The van der Waals surface area contributed by atoms with E-state index in [4.69, 9.17) is 10.7 Å². The lowest BCUT2D eigenvalue weighted by Gasteiger charge is -2.15. The second-order valence-electron chi connectivity index (χ2n) is 4.70. The SMILES string of the molecule is NC1=C2Cc3ccccc3N=C2c2ccccc21. The van der Waals surface area contributed by atoms with Crippen molar-refractivity contribution in [3.05, 3.63) is 70.8 Å². The van der Waals surface area contributed by atoms with Crippen LogP contribution in [-0.4, -0.2) is 5.71 Å². The van der Waals surface area contributed by atoms with E-state index in [0.717, 1.165) is 29.1 Å². The quantitative estimate of drug-likeness (QED) is 0.745. The van der Waals surface area contributed by atoms with Gasteiger partial charge in [-0.15, -0.1) is 0 Å². The van der Waals surface area contributed by atoms with E-state index < -0.39 is 0 Å². The van der Waals surface area contributed by atoms with Crippen LogP contribution in [0.2, 0.25) is 0 Å². The first-order chi connectivity index (χ1) is 8.84. The van der Waals surface area contributed by atoms with Crippen molar-refractivity contribution < 1.29 is 0 Å². The molecule has 0 aromatic heterocycles. The Kier molecular flexibility index (Phi) is 1.78. The third-order valence-corrected chi connectivity index (χ3v) is 3.67. The van der Waals surface area contributed by atoms with Crippen molar-refractivity contribution in [3.63, 3.8) is 0 Å². The minimum absolute atomic E-state index is 0.884. The lowest BCUT2D eigenvalue weighted by molar-refractivity contribution is 1.18. The number of hydrogen-bond donors (Lipinski definition) is 1. The predicted molar refractivity (Wildman–Crippen MR) is 73.9 cm³/mol. The average Bonchev–Trinajstić information content (AvgIpc) is 2.71. The van der Waals surface area contributed by atoms with Crippen LogP contribution in [0.1, 0.15) is 16.7 Å². The zero-order chi connectivity index (χ0) is 12.1. The zero-order valence-electron chi connectivity index (χ0n) is 9.85. The molecule has 2 nitrogen and oxygen atoms in total. The summed E-state index contributed by atoms with van der Waals surface area (Å²) in [7, 11) is 0. The Morgan fingerprint density at radius 2 is 1.61 bits per heavy atom. The Balaban J connectivity index is 2.02. The number of aliphatic imine (C=N–C) groups is 1. The van der Waals surface area contributed by atoms with E-state index in [1.165, 1.54) is 16.7 Å². The van der Waals surface area contributed by atoms with Crippen LogP contribution >= 0.6 is 0 Å². The fraction of sp³-hybridized carbons (Fsp3) is 0.0625. The van der Waals surface area contributed by atoms with E-state index in [9.17, 15) is 0 Å². The lowest BCUT2D eigenvalue weighted by atomic mass is 9.96. The molecule has 0 bridgehead atoms. The Bertz CT molecular complexity index is 723. The summed E-state index contributed by atoms with van der Waals surface area (Å²) in [6, 6.07) is 16.5. The van der Waals surface area contributed by atoms with Crippen molar-refractivity contribution in [2.45, 2.75) is 6.42 Å². The topological polar surface area (TPSA) is 38.4 Å². The van der Waals surface area contributed by atoms with E-state index in [-0.39, 0.29) is 0 Å². The largest absolute Gasteiger partial charge is 0.398 e. The highest BCUT2D eigenvalue weighted by molar-refractivity contribution is 6.24. The maximum absolute atomic E-state index is 6.26. The Morgan fingerprint density at radius 3 is 2.50 bits per heavy atom. The van der Waals surface area contributed by atoms with Crippen molar-refractivity contribution in [1.82, 2.24) is 0 Å². The molecule has 0 atom stereocenters. The predicted octanol–water partition coefficient (Wildman–Crippen LogP) is 3.05. The van der Waals surface area contributed by atoms with E-state index in [1.54, 1.807) is 0 Å². The number of rotatable bonds is 0. The van der Waals surface area contributed by atoms with E-state index in [2.05, 4.69) is 30.3 Å². The molecule has 86 valence electrons. The van der Waals surface area contributed by atoms with Crippen LogP contribution in [0.4, 0.5) is 5.69 Å². The monoisotopic (exact) mass is 232 g/mol. The average molecular weight is 232 g/mol. The number of fused-ring (bicyclic) bond motifs is 4. The van der Waals surface area contributed by atoms with Crippen LogP contribution in [0.25, 0.3) is 5.70 Å². The van der Waals surface area contributed by atoms with Crippen molar-refractivity contribution in [1.29, 1.82) is 0 Å². The van der Waals surface area contributed by atoms with Crippen LogP contribution in [0.5, 0.6) is 0 Å². The summed E-state index contributed by atoms with van der Waals surface area (Å²) in [5, 5.41) is 0. The molecule has 0 amide bonds. The molecule has 2 N–H and O–H groups in total. The number of nitrogens with two attached hydrogens (primary N) is 1. The maximum atomic E-state index is 6.26. The van der Waals surface area contributed by atoms with Gasteiger partial charge in [-0.05, 0) is 11.6 Å². The maximum Gasteiger partial charge on any atom is 0.0772 e. The van der Waals surface area contributed by atoms with Gasteiger partial charge in [-0.3, -0.25) is 0 Å². The highest BCUT2D eigenvalue weighted by Crippen LogP contribution is 2.38. The molecule has 0 unspecified atom stereocenters. The molecule has 1 aliphatic heterocycles. The number of nitrogens with zero attached hydrogens (tertiary/aromatic N) is 1. The van der Waals surface area contributed by atoms with Crippen LogP contribution < -0.4 is 5.73 Å². The van der Waals surface area contributed by atoms with E-state index in [0.29, 0.717) is 0 Å². The molecule has 2 heteroatoms. The first-order valence-electron chi connectivity index (χ1n) is 6.10. The molecular formula is C16H12N2. The van der Waals surface area contributed by atoms with Crippen molar-refractivity contribution in [3.8, 4) is 0 Å². The van der Waals surface area contributed by atoms with Crippen LogP contribution in [0.15, 0.2) is 59.1 Å². The van der Waals surface area contributed by atoms with Crippen molar-refractivity contribution >= 4 is 17.1 Å². The van der Waals surface area contributed by atoms with Crippen molar-refractivity contribution in [2.24, 2.45) is 10.7 Å². The smallest absolute Gasteiger partial charge is 0.0772 e. The first kappa shape index (κ1) is 9.66. The van der Waals surface area contributed by atoms with Gasteiger partial charge in [0.25, 0.3) is 0 Å². The molecule has 2 aromatic carbocycles. The Labute approximate surface area is 105 Å². The van der Waals surface area contributed by atoms with Gasteiger partial charge in [0.2, 0.25) is 0 Å². The van der Waals surface area contributed by atoms with Gasteiger partial charge in [-0.2, -0.15) is 0 Å². The van der Waals surface area contributed by atoms with Gasteiger partial charge in [0.15, 0.2) is 0 Å². The van der Waals surface area contributed by atoms with E-state index >= 15 is 0 Å². The molecule has 18 heavy (non-hydrogen) atoms.